The van der Waals surface area contributed by atoms with Crippen molar-refractivity contribution in [1.82, 2.24) is 10.2 Å². The summed E-state index contributed by atoms with van der Waals surface area (Å²) in [6.45, 7) is 7.65. The Morgan fingerprint density at radius 2 is 2.05 bits per heavy atom. The number of guanidine groups is 1. The predicted octanol–water partition coefficient (Wildman–Crippen LogP) is 3.22. The normalized spacial score (nSPS) is 18.4. The molecule has 0 aromatic heterocycles. The average Bonchev–Trinajstić information content (AvgIpc) is 2.80. The molecule has 1 aliphatic heterocycles. The molecule has 110 valence electrons. The molecule has 0 amide bonds. The fraction of sp³-hybridized carbons (Fsp3) is 0.562. The molecule has 0 bridgehead atoms. The topological polar surface area (TPSA) is 27.6 Å². The summed E-state index contributed by atoms with van der Waals surface area (Å²) >= 11 is 1.77. The first kappa shape index (κ1) is 15.2. The molecule has 1 heterocycles. The summed E-state index contributed by atoms with van der Waals surface area (Å²) in [4.78, 5) is 8.07. The van der Waals surface area contributed by atoms with E-state index in [-0.39, 0.29) is 0 Å². The predicted molar refractivity (Wildman–Crippen MR) is 88.4 cm³/mol. The van der Waals surface area contributed by atoms with E-state index >= 15 is 0 Å². The smallest absolute Gasteiger partial charge is 0.193 e. The van der Waals surface area contributed by atoms with Gasteiger partial charge in [0.05, 0.1) is 0 Å². The molecule has 0 aliphatic carbocycles. The monoisotopic (exact) mass is 291 g/mol. The first-order valence-corrected chi connectivity index (χ1v) is 8.35. The third-order valence-corrected chi connectivity index (χ3v) is 4.54. The molecule has 1 fully saturated rings. The van der Waals surface area contributed by atoms with Crippen LogP contribution in [0.3, 0.4) is 0 Å². The summed E-state index contributed by atoms with van der Waals surface area (Å²) in [5.41, 5.74) is 1.69. The van der Waals surface area contributed by atoms with Crippen LogP contribution in [0.1, 0.15) is 25.8 Å². The van der Waals surface area contributed by atoms with Crippen LogP contribution in [0.15, 0.2) is 34.2 Å². The van der Waals surface area contributed by atoms with Crippen molar-refractivity contribution in [3.05, 3.63) is 29.8 Å². The van der Waals surface area contributed by atoms with E-state index < -0.39 is 0 Å². The quantitative estimate of drug-likeness (QED) is 0.526. The van der Waals surface area contributed by atoms with Gasteiger partial charge in [-0.25, -0.2) is 0 Å². The third-order valence-electron chi connectivity index (χ3n) is 3.80. The zero-order valence-corrected chi connectivity index (χ0v) is 13.8. The molecule has 2 rings (SSSR count). The van der Waals surface area contributed by atoms with Crippen molar-refractivity contribution in [2.24, 2.45) is 10.4 Å². The minimum absolute atomic E-state index is 0.400. The zero-order chi connectivity index (χ0) is 14.6. The third kappa shape index (κ3) is 3.92. The largest absolute Gasteiger partial charge is 0.352 e. The van der Waals surface area contributed by atoms with Crippen molar-refractivity contribution in [1.29, 1.82) is 0 Å². The minimum atomic E-state index is 0.400. The summed E-state index contributed by atoms with van der Waals surface area (Å²) in [7, 11) is 1.87. The van der Waals surface area contributed by atoms with Gasteiger partial charge in [0.1, 0.15) is 0 Å². The number of nitrogens with zero attached hydrogens (tertiary/aromatic N) is 2. The van der Waals surface area contributed by atoms with E-state index in [9.17, 15) is 0 Å². The molecular formula is C16H25N3S. The SMILES string of the molecule is CN=C(NCc1ccc(SC)cc1)N1CCC(C)(C)C1. The molecule has 20 heavy (non-hydrogen) atoms. The Morgan fingerprint density at radius 3 is 2.55 bits per heavy atom. The molecule has 1 N–H and O–H groups in total. The standard InChI is InChI=1S/C16H25N3S/c1-16(2)9-10-19(12-16)15(17-3)18-11-13-5-7-14(20-4)8-6-13/h5-8H,9-12H2,1-4H3,(H,17,18). The van der Waals surface area contributed by atoms with Crippen molar-refractivity contribution >= 4 is 17.7 Å². The van der Waals surface area contributed by atoms with Gasteiger partial charge in [-0.15, -0.1) is 11.8 Å². The van der Waals surface area contributed by atoms with Gasteiger partial charge in [0, 0.05) is 31.6 Å². The van der Waals surface area contributed by atoms with Crippen LogP contribution in [-0.2, 0) is 6.54 Å². The zero-order valence-electron chi connectivity index (χ0n) is 12.9. The van der Waals surface area contributed by atoms with E-state index in [1.54, 1.807) is 11.8 Å². The second kappa shape index (κ2) is 6.53. The van der Waals surface area contributed by atoms with Crippen molar-refractivity contribution in [2.45, 2.75) is 31.7 Å². The fourth-order valence-corrected chi connectivity index (χ4v) is 2.96. The molecule has 1 aliphatic rings. The van der Waals surface area contributed by atoms with Gasteiger partial charge in [-0.05, 0) is 35.8 Å². The lowest BCUT2D eigenvalue weighted by atomic mass is 9.93. The van der Waals surface area contributed by atoms with Crippen LogP contribution in [-0.4, -0.2) is 37.3 Å². The highest BCUT2D eigenvalue weighted by molar-refractivity contribution is 7.98. The highest BCUT2D eigenvalue weighted by Crippen LogP contribution is 2.28. The lowest BCUT2D eigenvalue weighted by Crippen LogP contribution is -2.40. The number of hydrogen-bond acceptors (Lipinski definition) is 2. The van der Waals surface area contributed by atoms with Gasteiger partial charge < -0.3 is 10.2 Å². The van der Waals surface area contributed by atoms with Crippen LogP contribution in [0.25, 0.3) is 0 Å². The van der Waals surface area contributed by atoms with Crippen molar-refractivity contribution in [3.63, 3.8) is 0 Å². The molecule has 0 saturated carbocycles. The summed E-state index contributed by atoms with van der Waals surface area (Å²) in [5, 5.41) is 3.47. The minimum Gasteiger partial charge on any atom is -0.352 e. The van der Waals surface area contributed by atoms with E-state index in [1.807, 2.05) is 7.05 Å². The lowest BCUT2D eigenvalue weighted by Gasteiger charge is -2.23. The summed E-state index contributed by atoms with van der Waals surface area (Å²) in [6, 6.07) is 8.70. The van der Waals surface area contributed by atoms with E-state index in [2.05, 4.69) is 59.6 Å². The van der Waals surface area contributed by atoms with Gasteiger partial charge in [-0.2, -0.15) is 0 Å². The number of thioether (sulfide) groups is 1. The molecule has 1 aromatic carbocycles. The Hall–Kier alpha value is -1.16. The number of rotatable bonds is 3. The molecule has 1 aromatic rings. The van der Waals surface area contributed by atoms with Crippen molar-refractivity contribution in [2.75, 3.05) is 26.4 Å². The lowest BCUT2D eigenvalue weighted by molar-refractivity contribution is 0.370. The van der Waals surface area contributed by atoms with Crippen LogP contribution >= 0.6 is 11.8 Å². The molecule has 0 atom stereocenters. The summed E-state index contributed by atoms with van der Waals surface area (Å²) in [6.07, 6.45) is 3.33. The van der Waals surface area contributed by atoms with E-state index in [0.717, 1.165) is 25.6 Å². The maximum atomic E-state index is 4.41. The second-order valence-corrected chi connectivity index (χ2v) is 6.96. The van der Waals surface area contributed by atoms with Gasteiger partial charge in [-0.1, -0.05) is 26.0 Å². The fourth-order valence-electron chi connectivity index (χ4n) is 2.55. The van der Waals surface area contributed by atoms with E-state index in [1.165, 1.54) is 16.9 Å². The van der Waals surface area contributed by atoms with Gasteiger partial charge >= 0.3 is 0 Å². The number of benzene rings is 1. The first-order valence-electron chi connectivity index (χ1n) is 7.12. The number of nitrogens with one attached hydrogen (secondary N) is 1. The average molecular weight is 291 g/mol. The molecule has 0 radical (unpaired) electrons. The van der Waals surface area contributed by atoms with Crippen LogP contribution in [0.5, 0.6) is 0 Å². The van der Waals surface area contributed by atoms with Crippen LogP contribution in [0, 0.1) is 5.41 Å². The van der Waals surface area contributed by atoms with Crippen LogP contribution < -0.4 is 5.32 Å². The molecule has 0 spiro atoms. The van der Waals surface area contributed by atoms with Crippen LogP contribution in [0.2, 0.25) is 0 Å². The highest BCUT2D eigenvalue weighted by atomic mass is 32.2. The van der Waals surface area contributed by atoms with Gasteiger partial charge in [0.15, 0.2) is 5.96 Å². The summed E-state index contributed by atoms with van der Waals surface area (Å²) < 4.78 is 0. The Morgan fingerprint density at radius 1 is 1.35 bits per heavy atom. The van der Waals surface area contributed by atoms with Crippen molar-refractivity contribution < 1.29 is 0 Å². The van der Waals surface area contributed by atoms with Gasteiger partial charge in [-0.3, -0.25) is 4.99 Å². The van der Waals surface area contributed by atoms with E-state index in [4.69, 9.17) is 0 Å². The second-order valence-electron chi connectivity index (χ2n) is 6.08. The Balaban J connectivity index is 1.91. The highest BCUT2D eigenvalue weighted by Gasteiger charge is 2.30. The number of hydrogen-bond donors (Lipinski definition) is 1. The number of likely N-dealkylation sites (tertiary alicyclic amines) is 1. The summed E-state index contributed by atoms with van der Waals surface area (Å²) in [5.74, 6) is 1.02. The Kier molecular flexibility index (Phi) is 4.97. The van der Waals surface area contributed by atoms with E-state index in [0.29, 0.717) is 5.41 Å². The molecule has 4 heteroatoms. The molecule has 0 unspecified atom stereocenters. The van der Waals surface area contributed by atoms with Gasteiger partial charge in [0.25, 0.3) is 0 Å². The Labute approximate surface area is 126 Å². The van der Waals surface area contributed by atoms with Gasteiger partial charge in [0.2, 0.25) is 0 Å². The molecular weight excluding hydrogens is 266 g/mol. The van der Waals surface area contributed by atoms with Crippen LogP contribution in [0.4, 0.5) is 0 Å². The Bertz CT molecular complexity index is 465. The number of aliphatic imine (C=N–C) groups is 1. The maximum absolute atomic E-state index is 4.41. The van der Waals surface area contributed by atoms with Crippen molar-refractivity contribution in [3.8, 4) is 0 Å². The first-order chi connectivity index (χ1) is 9.54. The molecule has 3 nitrogen and oxygen atoms in total. The molecule has 1 saturated heterocycles. The maximum Gasteiger partial charge on any atom is 0.193 e.